The van der Waals surface area contributed by atoms with Gasteiger partial charge in [-0.3, -0.25) is 4.55 Å². The zero-order valence-corrected chi connectivity index (χ0v) is 26.8. The zero-order valence-electron chi connectivity index (χ0n) is 26.0. The summed E-state index contributed by atoms with van der Waals surface area (Å²) < 4.78 is 43.2. The number of rotatable bonds is 25. The first-order valence-corrected chi connectivity index (χ1v) is 17.5. The Balaban J connectivity index is 2.50. The predicted octanol–water partition coefficient (Wildman–Crippen LogP) is 9.42. The first kappa shape index (κ1) is 37.6. The van der Waals surface area contributed by atoms with Gasteiger partial charge >= 0.3 is 11.9 Å². The Kier molecular flexibility index (Phi) is 21.5. The molecule has 1 rings (SSSR count). The summed E-state index contributed by atoms with van der Waals surface area (Å²) in [6.07, 6.45) is 29.1. The number of ether oxygens (including phenoxy) is 2. The highest BCUT2D eigenvalue weighted by molar-refractivity contribution is 7.85. The van der Waals surface area contributed by atoms with Gasteiger partial charge in [0.05, 0.1) is 16.0 Å². The summed E-state index contributed by atoms with van der Waals surface area (Å²) in [5.41, 5.74) is -0.388. The molecular weight excluding hydrogens is 552 g/mol. The Hall–Kier alpha value is -2.45. The van der Waals surface area contributed by atoms with Crippen molar-refractivity contribution in [1.82, 2.24) is 0 Å². The summed E-state index contributed by atoms with van der Waals surface area (Å²) in [6.45, 7) is 4.45. The third kappa shape index (κ3) is 18.2. The number of esters is 2. The highest BCUT2D eigenvalue weighted by atomic mass is 32.2. The lowest BCUT2D eigenvalue weighted by molar-refractivity contribution is 0.0502. The quantitative estimate of drug-likeness (QED) is 0.0511. The minimum absolute atomic E-state index is 0.0120. The van der Waals surface area contributed by atoms with Gasteiger partial charge in [0.15, 0.2) is 0 Å². The van der Waals surface area contributed by atoms with Crippen molar-refractivity contribution in [2.24, 2.45) is 0 Å². The van der Waals surface area contributed by atoms with E-state index < -0.39 is 27.0 Å². The van der Waals surface area contributed by atoms with E-state index in [2.05, 4.69) is 13.8 Å². The summed E-state index contributed by atoms with van der Waals surface area (Å²) in [6, 6.07) is 3.16. The molecule has 0 saturated heterocycles. The van der Waals surface area contributed by atoms with Gasteiger partial charge in [-0.25, -0.2) is 9.59 Å². The molecule has 0 radical (unpaired) electrons. The van der Waals surface area contributed by atoms with Gasteiger partial charge in [-0.05, 0) is 43.9 Å². The smallest absolute Gasteiger partial charge is 0.339 e. The number of benzene rings is 1. The van der Waals surface area contributed by atoms with Crippen molar-refractivity contribution in [2.45, 2.75) is 134 Å². The number of unbranched alkanes of at least 4 members (excludes halogenated alkanes) is 16. The second-order valence-electron chi connectivity index (χ2n) is 10.8. The number of carbonyl (C=O) groups excluding carboxylic acids is 2. The lowest BCUT2D eigenvalue weighted by Crippen LogP contribution is -2.15. The Bertz CT molecular complexity index is 1040. The molecule has 0 bridgehead atoms. The molecule has 1 aromatic carbocycles. The number of hydrogen-bond donors (Lipinski definition) is 1. The van der Waals surface area contributed by atoms with Crippen LogP contribution >= 0.6 is 0 Å². The van der Waals surface area contributed by atoms with Crippen molar-refractivity contribution in [3.8, 4) is 0 Å². The van der Waals surface area contributed by atoms with Gasteiger partial charge in [0.2, 0.25) is 0 Å². The highest BCUT2D eigenvalue weighted by Gasteiger charge is 2.23. The van der Waals surface area contributed by atoms with Crippen LogP contribution in [0.15, 0.2) is 47.4 Å². The topological polar surface area (TPSA) is 107 Å². The van der Waals surface area contributed by atoms with Crippen molar-refractivity contribution < 1.29 is 32.0 Å². The van der Waals surface area contributed by atoms with Crippen molar-refractivity contribution in [3.05, 3.63) is 53.6 Å². The van der Waals surface area contributed by atoms with Crippen LogP contribution in [0.3, 0.4) is 0 Å². The van der Waals surface area contributed by atoms with E-state index in [-0.39, 0.29) is 24.3 Å². The van der Waals surface area contributed by atoms with Crippen LogP contribution in [0.1, 0.15) is 150 Å². The van der Waals surface area contributed by atoms with Crippen LogP contribution in [0.2, 0.25) is 0 Å². The van der Waals surface area contributed by atoms with E-state index >= 15 is 0 Å². The molecule has 0 heterocycles. The summed E-state index contributed by atoms with van der Waals surface area (Å²) in [7, 11) is -4.57. The first-order chi connectivity index (χ1) is 20.3. The van der Waals surface area contributed by atoms with Crippen LogP contribution in [0, 0.1) is 0 Å². The molecule has 1 N–H and O–H groups in total. The Morgan fingerprint density at radius 1 is 0.619 bits per heavy atom. The van der Waals surface area contributed by atoms with Gasteiger partial charge in [-0.2, -0.15) is 8.42 Å². The molecule has 0 amide bonds. The maximum atomic E-state index is 12.8. The third-order valence-electron chi connectivity index (χ3n) is 7.13. The van der Waals surface area contributed by atoms with Gasteiger partial charge in [0.25, 0.3) is 10.1 Å². The lowest BCUT2D eigenvalue weighted by Gasteiger charge is -2.10. The molecule has 0 atom stereocenters. The normalized spacial score (nSPS) is 11.9. The van der Waals surface area contributed by atoms with Gasteiger partial charge in [0, 0.05) is 0 Å². The molecule has 7 nitrogen and oxygen atoms in total. The molecule has 0 aliphatic rings. The molecular formula is C34H54O7S. The lowest BCUT2D eigenvalue weighted by atomic mass is 10.1. The second kappa shape index (κ2) is 24.0. The minimum atomic E-state index is -4.57. The maximum Gasteiger partial charge on any atom is 0.339 e. The van der Waals surface area contributed by atoms with E-state index in [1.807, 2.05) is 12.2 Å². The van der Waals surface area contributed by atoms with Gasteiger partial charge in [-0.15, -0.1) is 0 Å². The number of hydrogen-bond acceptors (Lipinski definition) is 6. The Labute approximate surface area is 254 Å². The fourth-order valence-corrected chi connectivity index (χ4v) is 5.10. The molecule has 238 valence electrons. The van der Waals surface area contributed by atoms with E-state index in [0.717, 1.165) is 43.9 Å². The molecule has 0 fully saturated rings. The predicted molar refractivity (Wildman–Crippen MR) is 170 cm³/mol. The monoisotopic (exact) mass is 606 g/mol. The van der Waals surface area contributed by atoms with Gasteiger partial charge in [0.1, 0.15) is 13.2 Å². The van der Waals surface area contributed by atoms with E-state index in [1.54, 1.807) is 12.2 Å². The Morgan fingerprint density at radius 3 is 1.45 bits per heavy atom. The molecule has 8 heteroatoms. The third-order valence-corrected chi connectivity index (χ3v) is 7.98. The van der Waals surface area contributed by atoms with Crippen LogP contribution in [0.5, 0.6) is 0 Å². The number of allylic oxidation sites excluding steroid dienone is 2. The second-order valence-corrected chi connectivity index (χ2v) is 12.3. The fraction of sp³-hybridized carbons (Fsp3) is 0.647. The van der Waals surface area contributed by atoms with Crippen LogP contribution in [-0.2, 0) is 19.6 Å². The minimum Gasteiger partial charge on any atom is -0.458 e. The summed E-state index contributed by atoms with van der Waals surface area (Å²) in [4.78, 5) is 25.0. The van der Waals surface area contributed by atoms with Crippen molar-refractivity contribution in [3.63, 3.8) is 0 Å². The van der Waals surface area contributed by atoms with Crippen LogP contribution in [0.25, 0.3) is 0 Å². The van der Waals surface area contributed by atoms with Gasteiger partial charge < -0.3 is 9.47 Å². The largest absolute Gasteiger partial charge is 0.458 e. The zero-order chi connectivity index (χ0) is 30.9. The van der Waals surface area contributed by atoms with Crippen molar-refractivity contribution in [1.29, 1.82) is 0 Å². The van der Waals surface area contributed by atoms with Crippen molar-refractivity contribution in [2.75, 3.05) is 13.2 Å². The highest BCUT2D eigenvalue weighted by Crippen LogP contribution is 2.19. The molecule has 0 spiro atoms. The summed E-state index contributed by atoms with van der Waals surface area (Å²) in [5, 5.41) is 0. The molecule has 0 aliphatic carbocycles. The maximum absolute atomic E-state index is 12.8. The van der Waals surface area contributed by atoms with E-state index in [1.165, 1.54) is 89.9 Å². The fourth-order valence-electron chi connectivity index (χ4n) is 4.60. The van der Waals surface area contributed by atoms with E-state index in [9.17, 15) is 22.6 Å². The Morgan fingerprint density at radius 2 is 1.02 bits per heavy atom. The first-order valence-electron chi connectivity index (χ1n) is 16.1. The molecule has 1 aromatic rings. The average Bonchev–Trinajstić information content (AvgIpc) is 2.97. The van der Waals surface area contributed by atoms with E-state index in [4.69, 9.17) is 9.47 Å². The molecule has 0 saturated carbocycles. The number of carbonyl (C=O) groups is 2. The van der Waals surface area contributed by atoms with Crippen LogP contribution in [0.4, 0.5) is 0 Å². The summed E-state index contributed by atoms with van der Waals surface area (Å²) >= 11 is 0. The SMILES string of the molecule is CCCCCCCCCC/C=C/COC(=O)c1ccc(S(=O)(=O)O)cc1C(=O)OC/C=C/CCCCCCCCCC. The van der Waals surface area contributed by atoms with Crippen LogP contribution < -0.4 is 0 Å². The molecule has 0 aliphatic heterocycles. The molecule has 0 aromatic heterocycles. The standard InChI is InChI=1S/C34H54O7S/c1-3-5-7-9-11-13-15-17-19-21-23-27-40-33(35)31-26-25-30(42(37,38)39)29-32(31)34(36)41-28-24-22-20-18-16-14-12-10-8-6-4-2/h21-26,29H,3-20,27-28H2,1-2H3,(H,37,38,39)/b23-21+,24-22+. The summed E-state index contributed by atoms with van der Waals surface area (Å²) in [5.74, 6) is -1.64. The average molecular weight is 607 g/mol. The molecule has 0 unspecified atom stereocenters. The van der Waals surface area contributed by atoms with E-state index in [0.29, 0.717) is 0 Å². The molecule has 42 heavy (non-hydrogen) atoms. The van der Waals surface area contributed by atoms with Crippen molar-refractivity contribution >= 4 is 22.1 Å². The van der Waals surface area contributed by atoms with Gasteiger partial charge in [-0.1, -0.05) is 128 Å². The van der Waals surface area contributed by atoms with Crippen LogP contribution in [-0.4, -0.2) is 38.1 Å².